The molecule has 0 spiro atoms. The number of hydrogen-bond donors (Lipinski definition) is 1. The molecule has 0 aliphatic carbocycles. The predicted molar refractivity (Wildman–Crippen MR) is 151 cm³/mol. The summed E-state index contributed by atoms with van der Waals surface area (Å²) in [5.74, 6) is 1.24. The van der Waals surface area contributed by atoms with Gasteiger partial charge in [-0.05, 0) is 65.7 Å². The normalized spacial score (nSPS) is 10.8. The van der Waals surface area contributed by atoms with Gasteiger partial charge in [-0.1, -0.05) is 58.4 Å². The largest absolute Gasteiger partial charge is 0.497 e. The van der Waals surface area contributed by atoms with Crippen molar-refractivity contribution in [2.75, 3.05) is 12.4 Å². The summed E-state index contributed by atoms with van der Waals surface area (Å²) in [6.45, 7) is 0.760. The first-order valence-electron chi connectivity index (χ1n) is 11.8. The van der Waals surface area contributed by atoms with Crippen LogP contribution in [0.3, 0.4) is 0 Å². The molecule has 7 heteroatoms. The van der Waals surface area contributed by atoms with Gasteiger partial charge in [0.1, 0.15) is 42.1 Å². The van der Waals surface area contributed by atoms with Gasteiger partial charge in [0, 0.05) is 21.8 Å². The van der Waals surface area contributed by atoms with E-state index >= 15 is 0 Å². The molecule has 0 saturated heterocycles. The minimum absolute atomic E-state index is 0.0620. The molecule has 0 unspecified atom stereocenters. The fourth-order valence-electron chi connectivity index (χ4n) is 3.51. The fourth-order valence-corrected chi connectivity index (χ4v) is 3.77. The average molecular weight is 569 g/mol. The second-order valence-corrected chi connectivity index (χ2v) is 9.16. The first kappa shape index (κ1) is 26.5. The second-order valence-electron chi connectivity index (χ2n) is 8.24. The number of anilines is 1. The Bertz CT molecular complexity index is 1440. The molecule has 0 bridgehead atoms. The third-order valence-electron chi connectivity index (χ3n) is 5.55. The van der Waals surface area contributed by atoms with Crippen molar-refractivity contribution in [1.29, 1.82) is 5.26 Å². The van der Waals surface area contributed by atoms with E-state index in [-0.39, 0.29) is 5.57 Å². The number of hydrogen-bond acceptors (Lipinski definition) is 5. The number of halogens is 1. The number of carbonyl (C=O) groups is 1. The van der Waals surface area contributed by atoms with Crippen molar-refractivity contribution in [2.45, 2.75) is 13.2 Å². The standard InChI is InChI=1S/C31H25BrN2O4/c1-36-29-14-9-24(30(18-29)38-21-23-7-10-26(32)11-8-23)17-25(19-33)31(35)34-27-12-15-28(16-13-27)37-20-22-5-3-2-4-6-22/h2-18H,20-21H2,1H3,(H,34,35)/b25-17+. The monoisotopic (exact) mass is 568 g/mol. The lowest BCUT2D eigenvalue weighted by Crippen LogP contribution is -2.13. The van der Waals surface area contributed by atoms with Crippen molar-refractivity contribution >= 4 is 33.6 Å². The van der Waals surface area contributed by atoms with Gasteiger partial charge >= 0.3 is 0 Å². The molecule has 0 aliphatic heterocycles. The SMILES string of the molecule is COc1ccc(/C=C(\C#N)C(=O)Nc2ccc(OCc3ccccc3)cc2)c(OCc2ccc(Br)cc2)c1. The molecule has 0 fully saturated rings. The Balaban J connectivity index is 1.44. The molecule has 38 heavy (non-hydrogen) atoms. The van der Waals surface area contributed by atoms with Crippen LogP contribution in [0.15, 0.2) is 107 Å². The molecule has 0 aromatic heterocycles. The zero-order valence-electron chi connectivity index (χ0n) is 20.7. The van der Waals surface area contributed by atoms with Gasteiger partial charge < -0.3 is 19.5 Å². The molecule has 4 aromatic rings. The lowest BCUT2D eigenvalue weighted by atomic mass is 10.1. The van der Waals surface area contributed by atoms with Crippen LogP contribution in [0.1, 0.15) is 16.7 Å². The fraction of sp³-hybridized carbons (Fsp3) is 0.0968. The third kappa shape index (κ3) is 7.48. The van der Waals surface area contributed by atoms with E-state index in [1.165, 1.54) is 6.08 Å². The summed E-state index contributed by atoms with van der Waals surface area (Å²) >= 11 is 3.42. The highest BCUT2D eigenvalue weighted by molar-refractivity contribution is 9.10. The molecule has 1 N–H and O–H groups in total. The van der Waals surface area contributed by atoms with Crippen molar-refractivity contribution in [3.63, 3.8) is 0 Å². The topological polar surface area (TPSA) is 80.6 Å². The van der Waals surface area contributed by atoms with Crippen LogP contribution in [0.4, 0.5) is 5.69 Å². The van der Waals surface area contributed by atoms with Gasteiger partial charge in [-0.15, -0.1) is 0 Å². The Hall–Kier alpha value is -4.54. The van der Waals surface area contributed by atoms with Gasteiger partial charge in [0.2, 0.25) is 0 Å². The maximum absolute atomic E-state index is 12.9. The number of benzene rings is 4. The number of nitrogens with one attached hydrogen (secondary N) is 1. The van der Waals surface area contributed by atoms with Gasteiger partial charge in [0.15, 0.2) is 0 Å². The number of amides is 1. The molecular formula is C31H25BrN2O4. The third-order valence-corrected chi connectivity index (χ3v) is 6.08. The van der Waals surface area contributed by atoms with Crippen molar-refractivity contribution in [1.82, 2.24) is 0 Å². The zero-order chi connectivity index (χ0) is 26.7. The van der Waals surface area contributed by atoms with E-state index in [9.17, 15) is 10.1 Å². The lowest BCUT2D eigenvalue weighted by Gasteiger charge is -2.12. The molecule has 190 valence electrons. The number of methoxy groups -OCH3 is 1. The van der Waals surface area contributed by atoms with Gasteiger partial charge in [-0.25, -0.2) is 0 Å². The van der Waals surface area contributed by atoms with Crippen LogP contribution < -0.4 is 19.5 Å². The number of carbonyl (C=O) groups excluding carboxylic acids is 1. The number of rotatable bonds is 10. The molecule has 0 heterocycles. The Labute approximate surface area is 230 Å². The molecule has 4 rings (SSSR count). The highest BCUT2D eigenvalue weighted by Crippen LogP contribution is 2.28. The summed E-state index contributed by atoms with van der Waals surface area (Å²) < 4.78 is 18.1. The van der Waals surface area contributed by atoms with Gasteiger partial charge in [0.25, 0.3) is 5.91 Å². The summed E-state index contributed by atoms with van der Waals surface area (Å²) in [4.78, 5) is 12.9. The molecule has 4 aromatic carbocycles. The summed E-state index contributed by atoms with van der Waals surface area (Å²) in [5.41, 5.74) is 3.10. The number of nitrogens with zero attached hydrogens (tertiary/aromatic N) is 1. The molecule has 0 atom stereocenters. The lowest BCUT2D eigenvalue weighted by molar-refractivity contribution is -0.112. The Morgan fingerprint density at radius 3 is 2.21 bits per heavy atom. The van der Waals surface area contributed by atoms with Crippen LogP contribution in [0.2, 0.25) is 0 Å². The van der Waals surface area contributed by atoms with Crippen molar-refractivity contribution in [3.05, 3.63) is 124 Å². The smallest absolute Gasteiger partial charge is 0.266 e. The minimum Gasteiger partial charge on any atom is -0.497 e. The van der Waals surface area contributed by atoms with Gasteiger partial charge in [0.05, 0.1) is 7.11 Å². The first-order valence-corrected chi connectivity index (χ1v) is 12.6. The molecule has 0 radical (unpaired) electrons. The van der Waals surface area contributed by atoms with Crippen LogP contribution in [-0.4, -0.2) is 13.0 Å². The zero-order valence-corrected chi connectivity index (χ0v) is 22.3. The molecule has 6 nitrogen and oxygen atoms in total. The van der Waals surface area contributed by atoms with Crippen LogP contribution in [0.5, 0.6) is 17.2 Å². The molecule has 1 amide bonds. The Kier molecular flexibility index (Phi) is 9.17. The van der Waals surface area contributed by atoms with Crippen molar-refractivity contribution < 1.29 is 19.0 Å². The van der Waals surface area contributed by atoms with E-state index in [1.807, 2.05) is 60.7 Å². The van der Waals surface area contributed by atoms with E-state index in [0.29, 0.717) is 41.7 Å². The van der Waals surface area contributed by atoms with E-state index in [0.717, 1.165) is 15.6 Å². The van der Waals surface area contributed by atoms with E-state index in [2.05, 4.69) is 21.2 Å². The quantitative estimate of drug-likeness (QED) is 0.162. The Morgan fingerprint density at radius 2 is 1.53 bits per heavy atom. The maximum Gasteiger partial charge on any atom is 0.266 e. The van der Waals surface area contributed by atoms with Crippen LogP contribution in [0.25, 0.3) is 6.08 Å². The van der Waals surface area contributed by atoms with Crippen LogP contribution >= 0.6 is 15.9 Å². The van der Waals surface area contributed by atoms with E-state index in [4.69, 9.17) is 14.2 Å². The van der Waals surface area contributed by atoms with Crippen molar-refractivity contribution in [3.8, 4) is 23.3 Å². The summed E-state index contributed by atoms with van der Waals surface area (Å²) in [6.07, 6.45) is 1.50. The van der Waals surface area contributed by atoms with Crippen LogP contribution in [-0.2, 0) is 18.0 Å². The summed E-state index contributed by atoms with van der Waals surface area (Å²) in [6, 6.07) is 31.8. The Morgan fingerprint density at radius 1 is 0.868 bits per heavy atom. The van der Waals surface area contributed by atoms with E-state index in [1.54, 1.807) is 49.6 Å². The summed E-state index contributed by atoms with van der Waals surface area (Å²) in [5, 5.41) is 12.5. The molecular weight excluding hydrogens is 544 g/mol. The second kappa shape index (κ2) is 13.1. The van der Waals surface area contributed by atoms with Gasteiger partial charge in [-0.3, -0.25) is 4.79 Å². The first-order chi connectivity index (χ1) is 18.5. The predicted octanol–water partition coefficient (Wildman–Crippen LogP) is 7.16. The minimum atomic E-state index is -0.528. The molecule has 0 saturated carbocycles. The van der Waals surface area contributed by atoms with Crippen LogP contribution in [0, 0.1) is 11.3 Å². The van der Waals surface area contributed by atoms with E-state index < -0.39 is 5.91 Å². The highest BCUT2D eigenvalue weighted by atomic mass is 79.9. The average Bonchev–Trinajstić information content (AvgIpc) is 2.96. The molecule has 0 aliphatic rings. The highest BCUT2D eigenvalue weighted by Gasteiger charge is 2.13. The summed E-state index contributed by atoms with van der Waals surface area (Å²) in [7, 11) is 1.56. The maximum atomic E-state index is 12.9. The number of nitriles is 1. The number of ether oxygens (including phenoxy) is 3. The van der Waals surface area contributed by atoms with Gasteiger partial charge in [-0.2, -0.15) is 5.26 Å². The van der Waals surface area contributed by atoms with Crippen molar-refractivity contribution in [2.24, 2.45) is 0 Å².